The maximum Gasteiger partial charge on any atom is 0.161 e. The van der Waals surface area contributed by atoms with Gasteiger partial charge >= 0.3 is 0 Å². The molecule has 0 heterocycles. The van der Waals surface area contributed by atoms with Gasteiger partial charge in [0, 0.05) is 48.1 Å². The molecule has 182 valence electrons. The van der Waals surface area contributed by atoms with Crippen LogP contribution in [0.15, 0.2) is 84.9 Å². The molecule has 0 saturated heterocycles. The Morgan fingerprint density at radius 3 is 1.19 bits per heavy atom. The molecule has 2 unspecified atom stereocenters. The van der Waals surface area contributed by atoms with Gasteiger partial charge in [0.25, 0.3) is 0 Å². The van der Waals surface area contributed by atoms with Crippen molar-refractivity contribution in [1.82, 2.24) is 10.6 Å². The number of hydrogen-bond acceptors (Lipinski definition) is 6. The fourth-order valence-corrected chi connectivity index (χ4v) is 6.06. The van der Waals surface area contributed by atoms with Gasteiger partial charge in [-0.1, -0.05) is 72.8 Å². The Morgan fingerprint density at radius 2 is 0.833 bits per heavy atom. The molecule has 7 rings (SSSR count). The molecule has 0 aromatic heterocycles. The fourth-order valence-electron chi connectivity index (χ4n) is 6.06. The van der Waals surface area contributed by atoms with E-state index >= 15 is 0 Å². The van der Waals surface area contributed by atoms with Crippen molar-refractivity contribution in [3.05, 3.63) is 118 Å². The number of benzene rings is 4. The first-order valence-corrected chi connectivity index (χ1v) is 12.2. The summed E-state index contributed by atoms with van der Waals surface area (Å²) in [5.41, 5.74) is 6.41. The standard InChI is InChI=1S/C30H28N2O4/c33-23-13-5-7-17(29(23)35)15-31-27-25-19-9-1-2-10-20(19)26(22-12-4-3-11-21(22)25)28(27)32-16-18-8-6-14-24(34)30(18)36/h1-14,25-28,31-36H,15-16H2. The number of rotatable bonds is 6. The maximum absolute atomic E-state index is 10.4. The van der Waals surface area contributed by atoms with Gasteiger partial charge in [0.05, 0.1) is 0 Å². The highest BCUT2D eigenvalue weighted by Crippen LogP contribution is 2.53. The van der Waals surface area contributed by atoms with Gasteiger partial charge in [0.15, 0.2) is 23.0 Å². The molecular weight excluding hydrogens is 452 g/mol. The highest BCUT2D eigenvalue weighted by Gasteiger charge is 2.49. The number of phenols is 4. The Labute approximate surface area is 209 Å². The van der Waals surface area contributed by atoms with Crippen LogP contribution in [0.5, 0.6) is 23.0 Å². The van der Waals surface area contributed by atoms with Crippen molar-refractivity contribution >= 4 is 0 Å². The molecule has 4 aromatic carbocycles. The summed E-state index contributed by atoms with van der Waals surface area (Å²) in [6.45, 7) is 0.766. The predicted molar refractivity (Wildman–Crippen MR) is 137 cm³/mol. The molecule has 3 aliphatic carbocycles. The van der Waals surface area contributed by atoms with E-state index in [0.29, 0.717) is 24.2 Å². The highest BCUT2D eigenvalue weighted by molar-refractivity contribution is 5.59. The first-order valence-electron chi connectivity index (χ1n) is 12.2. The number of hydrogen-bond donors (Lipinski definition) is 6. The SMILES string of the molecule is Oc1cccc(CNC2C3c4ccccc4C(c4ccccc43)C2NCc2cccc(O)c2O)c1O. The average molecular weight is 481 g/mol. The molecule has 0 aliphatic heterocycles. The molecule has 3 aliphatic rings. The van der Waals surface area contributed by atoms with Crippen LogP contribution in [-0.4, -0.2) is 32.5 Å². The largest absolute Gasteiger partial charge is 0.504 e. The highest BCUT2D eigenvalue weighted by atomic mass is 16.3. The first kappa shape index (κ1) is 22.5. The van der Waals surface area contributed by atoms with Gasteiger partial charge < -0.3 is 31.1 Å². The van der Waals surface area contributed by atoms with E-state index in [1.807, 2.05) is 0 Å². The van der Waals surface area contributed by atoms with E-state index in [4.69, 9.17) is 0 Å². The zero-order chi connectivity index (χ0) is 24.8. The predicted octanol–water partition coefficient (Wildman–Crippen LogP) is 4.42. The lowest BCUT2D eigenvalue weighted by atomic mass is 9.59. The Kier molecular flexibility index (Phi) is 5.55. The van der Waals surface area contributed by atoms with E-state index in [1.54, 1.807) is 24.3 Å². The number of fused-ring (bicyclic) bond motifs is 1. The van der Waals surface area contributed by atoms with E-state index in [0.717, 1.165) is 0 Å². The van der Waals surface area contributed by atoms with Crippen molar-refractivity contribution in [2.75, 3.05) is 0 Å². The minimum Gasteiger partial charge on any atom is -0.504 e. The zero-order valence-electron chi connectivity index (χ0n) is 19.6. The molecular formula is C30H28N2O4. The molecule has 0 amide bonds. The molecule has 36 heavy (non-hydrogen) atoms. The van der Waals surface area contributed by atoms with Gasteiger partial charge in [-0.15, -0.1) is 0 Å². The van der Waals surface area contributed by atoms with E-state index in [9.17, 15) is 20.4 Å². The Bertz CT molecular complexity index is 1280. The van der Waals surface area contributed by atoms with Crippen LogP contribution in [0.2, 0.25) is 0 Å². The van der Waals surface area contributed by atoms with Gasteiger partial charge in [-0.2, -0.15) is 0 Å². The second kappa shape index (κ2) is 8.90. The van der Waals surface area contributed by atoms with Crippen molar-refractivity contribution in [2.24, 2.45) is 0 Å². The lowest BCUT2D eigenvalue weighted by molar-refractivity contribution is 0.274. The Morgan fingerprint density at radius 1 is 0.472 bits per heavy atom. The summed E-state index contributed by atoms with van der Waals surface area (Å²) in [5.74, 6) is -0.329. The van der Waals surface area contributed by atoms with Gasteiger partial charge in [-0.05, 0) is 34.4 Å². The van der Waals surface area contributed by atoms with Crippen LogP contribution < -0.4 is 10.6 Å². The minimum atomic E-state index is -0.135. The quantitative estimate of drug-likeness (QED) is 0.228. The van der Waals surface area contributed by atoms with Crippen LogP contribution >= 0.6 is 0 Å². The molecule has 0 saturated carbocycles. The van der Waals surface area contributed by atoms with Crippen molar-refractivity contribution in [3.63, 3.8) is 0 Å². The number of nitrogens with one attached hydrogen (secondary N) is 2. The van der Waals surface area contributed by atoms with E-state index in [1.165, 1.54) is 34.4 Å². The number of phenolic OH excluding ortho intramolecular Hbond substituents is 4. The molecule has 4 aromatic rings. The molecule has 2 bridgehead atoms. The third-order valence-corrected chi connectivity index (χ3v) is 7.69. The number of para-hydroxylation sites is 2. The van der Waals surface area contributed by atoms with Crippen LogP contribution in [0, 0.1) is 0 Å². The lowest BCUT2D eigenvalue weighted by Crippen LogP contribution is -2.59. The lowest BCUT2D eigenvalue weighted by Gasteiger charge is -2.51. The van der Waals surface area contributed by atoms with Crippen LogP contribution in [-0.2, 0) is 13.1 Å². The van der Waals surface area contributed by atoms with Crippen LogP contribution in [0.25, 0.3) is 0 Å². The second-order valence-electron chi connectivity index (χ2n) is 9.60. The van der Waals surface area contributed by atoms with Crippen molar-refractivity contribution in [2.45, 2.75) is 37.0 Å². The molecule has 2 atom stereocenters. The molecule has 0 radical (unpaired) electrons. The summed E-state index contributed by atoms with van der Waals surface area (Å²) in [6.07, 6.45) is 0. The molecule has 0 fully saturated rings. The van der Waals surface area contributed by atoms with Crippen molar-refractivity contribution in [3.8, 4) is 23.0 Å². The summed E-state index contributed by atoms with van der Waals surface area (Å²) >= 11 is 0. The van der Waals surface area contributed by atoms with Crippen LogP contribution in [0.3, 0.4) is 0 Å². The molecule has 6 heteroatoms. The summed E-state index contributed by atoms with van der Waals surface area (Å²) in [5, 5.41) is 48.1. The fraction of sp³-hybridized carbons (Fsp3) is 0.200. The summed E-state index contributed by atoms with van der Waals surface area (Å²) in [6, 6.07) is 27.0. The third-order valence-electron chi connectivity index (χ3n) is 7.69. The van der Waals surface area contributed by atoms with Gasteiger partial charge in [-0.25, -0.2) is 0 Å². The Balaban J connectivity index is 1.40. The van der Waals surface area contributed by atoms with Crippen LogP contribution in [0.4, 0.5) is 0 Å². The monoisotopic (exact) mass is 480 g/mol. The van der Waals surface area contributed by atoms with Crippen molar-refractivity contribution in [1.29, 1.82) is 0 Å². The summed E-state index contributed by atoms with van der Waals surface area (Å²) in [4.78, 5) is 0. The second-order valence-corrected chi connectivity index (χ2v) is 9.60. The zero-order valence-corrected chi connectivity index (χ0v) is 19.6. The third kappa shape index (κ3) is 3.58. The number of aromatic hydroxyl groups is 4. The molecule has 6 N–H and O–H groups in total. The summed E-state index contributed by atoms with van der Waals surface area (Å²) < 4.78 is 0. The van der Waals surface area contributed by atoms with E-state index in [2.05, 4.69) is 59.2 Å². The minimum absolute atomic E-state index is 0.0269. The van der Waals surface area contributed by atoms with E-state index in [-0.39, 0.29) is 46.9 Å². The first-order chi connectivity index (χ1) is 17.5. The smallest absolute Gasteiger partial charge is 0.161 e. The average Bonchev–Trinajstić information content (AvgIpc) is 2.90. The maximum atomic E-state index is 10.4. The molecule has 0 spiro atoms. The van der Waals surface area contributed by atoms with Gasteiger partial charge in [0.1, 0.15) is 0 Å². The Hall–Kier alpha value is -4.00. The molecule has 6 nitrogen and oxygen atoms in total. The normalized spacial score (nSPS) is 21.7. The van der Waals surface area contributed by atoms with Crippen LogP contribution in [0.1, 0.15) is 45.2 Å². The van der Waals surface area contributed by atoms with E-state index < -0.39 is 0 Å². The van der Waals surface area contributed by atoms with Gasteiger partial charge in [-0.3, -0.25) is 0 Å². The van der Waals surface area contributed by atoms with Gasteiger partial charge in [0.2, 0.25) is 0 Å². The topological polar surface area (TPSA) is 105 Å². The van der Waals surface area contributed by atoms with Crippen molar-refractivity contribution < 1.29 is 20.4 Å². The summed E-state index contributed by atoms with van der Waals surface area (Å²) in [7, 11) is 0.